The Hall–Kier alpha value is -2.29. The van der Waals surface area contributed by atoms with Gasteiger partial charge in [0.15, 0.2) is 5.75 Å². The Balaban J connectivity index is 2.63. The Morgan fingerprint density at radius 2 is 1.87 bits per heavy atom. The fourth-order valence-electron chi connectivity index (χ4n) is 1.57. The van der Waals surface area contributed by atoms with E-state index in [1.165, 1.54) is 18.2 Å². The lowest BCUT2D eigenvalue weighted by Crippen LogP contribution is -2.46. The van der Waals surface area contributed by atoms with Crippen molar-refractivity contribution in [3.63, 3.8) is 0 Å². The van der Waals surface area contributed by atoms with E-state index in [-0.39, 0.29) is 11.6 Å². The van der Waals surface area contributed by atoms with Crippen molar-refractivity contribution < 1.29 is 27.5 Å². The summed E-state index contributed by atoms with van der Waals surface area (Å²) in [5, 5.41) is 4.55. The molecule has 1 rings (SSSR count). The first-order valence-electron chi connectivity index (χ1n) is 6.78. The summed E-state index contributed by atoms with van der Waals surface area (Å²) in [6.45, 7) is 3.07. The number of amides is 2. The van der Waals surface area contributed by atoms with E-state index < -0.39 is 36.5 Å². The second-order valence-electron chi connectivity index (χ2n) is 5.08. The van der Waals surface area contributed by atoms with Gasteiger partial charge >= 0.3 is 6.36 Å². The van der Waals surface area contributed by atoms with Gasteiger partial charge < -0.3 is 21.1 Å². The van der Waals surface area contributed by atoms with Crippen molar-refractivity contribution in [2.45, 2.75) is 26.3 Å². The highest BCUT2D eigenvalue weighted by atomic mass is 19.4. The molecule has 0 radical (unpaired) electrons. The molecule has 0 aliphatic heterocycles. The lowest BCUT2D eigenvalue weighted by molar-refractivity contribution is -0.274. The molecule has 0 spiro atoms. The molecule has 4 N–H and O–H groups in total. The Kier molecular flexibility index (Phi) is 6.38. The molecule has 0 aromatic heterocycles. The van der Waals surface area contributed by atoms with Crippen LogP contribution in [0.25, 0.3) is 0 Å². The fourth-order valence-corrected chi connectivity index (χ4v) is 1.57. The van der Waals surface area contributed by atoms with Crippen LogP contribution >= 0.6 is 0 Å². The van der Waals surface area contributed by atoms with Crippen molar-refractivity contribution in [2.75, 3.05) is 11.9 Å². The van der Waals surface area contributed by atoms with Gasteiger partial charge in [0.2, 0.25) is 11.8 Å². The van der Waals surface area contributed by atoms with Gasteiger partial charge in [-0.25, -0.2) is 0 Å². The van der Waals surface area contributed by atoms with Crippen molar-refractivity contribution in [2.24, 2.45) is 11.7 Å². The summed E-state index contributed by atoms with van der Waals surface area (Å²) in [5.74, 6) is -1.87. The molecule has 9 heteroatoms. The first kappa shape index (κ1) is 18.8. The number of hydrogen-bond acceptors (Lipinski definition) is 4. The summed E-state index contributed by atoms with van der Waals surface area (Å²) in [7, 11) is 0. The second-order valence-corrected chi connectivity index (χ2v) is 5.08. The summed E-state index contributed by atoms with van der Waals surface area (Å²) in [4.78, 5) is 23.3. The molecule has 0 aliphatic rings. The van der Waals surface area contributed by atoms with Crippen LogP contribution < -0.4 is 21.1 Å². The average molecular weight is 333 g/mol. The number of nitrogens with two attached hydrogens (primary N) is 1. The second kappa shape index (κ2) is 7.82. The van der Waals surface area contributed by atoms with Crippen LogP contribution in [0.4, 0.5) is 18.9 Å². The van der Waals surface area contributed by atoms with Gasteiger partial charge in [-0.2, -0.15) is 0 Å². The van der Waals surface area contributed by atoms with Crippen molar-refractivity contribution in [3.8, 4) is 5.75 Å². The van der Waals surface area contributed by atoms with E-state index in [0.717, 1.165) is 6.07 Å². The topological polar surface area (TPSA) is 93.5 Å². The van der Waals surface area contributed by atoms with Crippen LogP contribution in [0.3, 0.4) is 0 Å². The lowest BCUT2D eigenvalue weighted by Gasteiger charge is -2.16. The standard InChI is InChI=1S/C14H18F3N3O3/c1-8(2)12(18)13(22)19-7-11(21)20-9-5-3-4-6-10(9)23-14(15,16)17/h3-6,8,12H,7,18H2,1-2H3,(H,19,22)(H,20,21)/t12-/m0/s1. The number of carbonyl (C=O) groups excluding carboxylic acids is 2. The number of ether oxygens (including phenoxy) is 1. The van der Waals surface area contributed by atoms with Crippen LogP contribution in [0.2, 0.25) is 0 Å². The normalized spacial score (nSPS) is 12.7. The molecule has 2 amide bonds. The minimum absolute atomic E-state index is 0.112. The van der Waals surface area contributed by atoms with Gasteiger partial charge in [0.1, 0.15) is 0 Å². The number of benzene rings is 1. The highest BCUT2D eigenvalue weighted by molar-refractivity contribution is 5.96. The number of halogens is 3. The van der Waals surface area contributed by atoms with Gasteiger partial charge in [-0.15, -0.1) is 13.2 Å². The number of para-hydroxylation sites is 2. The van der Waals surface area contributed by atoms with E-state index in [9.17, 15) is 22.8 Å². The molecule has 0 aliphatic carbocycles. The number of hydrogen-bond donors (Lipinski definition) is 3. The fraction of sp³-hybridized carbons (Fsp3) is 0.429. The Bertz CT molecular complexity index is 562. The van der Waals surface area contributed by atoms with Crippen molar-refractivity contribution in [1.29, 1.82) is 0 Å². The molecule has 0 bridgehead atoms. The average Bonchev–Trinajstić information content (AvgIpc) is 2.44. The molecule has 128 valence electrons. The maximum Gasteiger partial charge on any atom is 0.573 e. The van der Waals surface area contributed by atoms with Gasteiger partial charge in [0.05, 0.1) is 18.3 Å². The van der Waals surface area contributed by atoms with Crippen molar-refractivity contribution in [3.05, 3.63) is 24.3 Å². The van der Waals surface area contributed by atoms with E-state index in [2.05, 4.69) is 15.4 Å². The Labute approximate surface area is 131 Å². The third kappa shape index (κ3) is 6.55. The van der Waals surface area contributed by atoms with E-state index in [4.69, 9.17) is 5.73 Å². The van der Waals surface area contributed by atoms with E-state index in [0.29, 0.717) is 0 Å². The smallest absolute Gasteiger partial charge is 0.404 e. The van der Waals surface area contributed by atoms with Crippen LogP contribution in [0.15, 0.2) is 24.3 Å². The maximum absolute atomic E-state index is 12.3. The van der Waals surface area contributed by atoms with Crippen molar-refractivity contribution in [1.82, 2.24) is 5.32 Å². The Morgan fingerprint density at radius 3 is 2.43 bits per heavy atom. The van der Waals surface area contributed by atoms with E-state index in [1.54, 1.807) is 13.8 Å². The zero-order valence-corrected chi connectivity index (χ0v) is 12.6. The molecule has 1 atom stereocenters. The van der Waals surface area contributed by atoms with Crippen LogP contribution in [0.5, 0.6) is 5.75 Å². The van der Waals surface area contributed by atoms with Crippen LogP contribution in [0.1, 0.15) is 13.8 Å². The zero-order valence-electron chi connectivity index (χ0n) is 12.6. The summed E-state index contributed by atoms with van der Waals surface area (Å²) >= 11 is 0. The number of anilines is 1. The van der Waals surface area contributed by atoms with Crippen LogP contribution in [-0.4, -0.2) is 30.8 Å². The summed E-state index contributed by atoms with van der Waals surface area (Å²) in [6, 6.07) is 4.31. The SMILES string of the molecule is CC(C)[C@H](N)C(=O)NCC(=O)Nc1ccccc1OC(F)(F)F. The largest absolute Gasteiger partial charge is 0.573 e. The predicted molar refractivity (Wildman–Crippen MR) is 77.6 cm³/mol. The molecule has 0 saturated heterocycles. The summed E-state index contributed by atoms with van der Waals surface area (Å²) in [5.41, 5.74) is 5.45. The molecule has 1 aromatic carbocycles. The Morgan fingerprint density at radius 1 is 1.26 bits per heavy atom. The zero-order chi connectivity index (χ0) is 17.6. The molecule has 23 heavy (non-hydrogen) atoms. The third-order valence-corrected chi connectivity index (χ3v) is 2.83. The molecule has 0 unspecified atom stereocenters. The number of rotatable bonds is 6. The molecule has 0 fully saturated rings. The molecule has 1 aromatic rings. The van der Waals surface area contributed by atoms with Gasteiger partial charge in [-0.1, -0.05) is 26.0 Å². The van der Waals surface area contributed by atoms with E-state index >= 15 is 0 Å². The first-order valence-corrected chi connectivity index (χ1v) is 6.78. The van der Waals surface area contributed by atoms with E-state index in [1.807, 2.05) is 0 Å². The molecular formula is C14H18F3N3O3. The lowest BCUT2D eigenvalue weighted by atomic mass is 10.1. The minimum Gasteiger partial charge on any atom is -0.404 e. The highest BCUT2D eigenvalue weighted by Crippen LogP contribution is 2.29. The number of carbonyl (C=O) groups is 2. The van der Waals surface area contributed by atoms with Crippen molar-refractivity contribution >= 4 is 17.5 Å². The molecule has 6 nitrogen and oxygen atoms in total. The summed E-state index contributed by atoms with van der Waals surface area (Å²) in [6.07, 6.45) is -4.88. The van der Waals surface area contributed by atoms with Gasteiger partial charge in [0.25, 0.3) is 0 Å². The minimum atomic E-state index is -4.88. The van der Waals surface area contributed by atoms with Gasteiger partial charge in [-0.05, 0) is 18.1 Å². The molecule has 0 saturated carbocycles. The number of nitrogens with one attached hydrogen (secondary N) is 2. The quantitative estimate of drug-likeness (QED) is 0.737. The van der Waals surface area contributed by atoms with Crippen LogP contribution in [-0.2, 0) is 9.59 Å². The van der Waals surface area contributed by atoms with Gasteiger partial charge in [-0.3, -0.25) is 9.59 Å². The number of alkyl halides is 3. The van der Waals surface area contributed by atoms with Crippen LogP contribution in [0, 0.1) is 5.92 Å². The third-order valence-electron chi connectivity index (χ3n) is 2.83. The molecular weight excluding hydrogens is 315 g/mol. The van der Waals surface area contributed by atoms with Gasteiger partial charge in [0, 0.05) is 0 Å². The molecule has 0 heterocycles. The maximum atomic E-state index is 12.3. The summed E-state index contributed by atoms with van der Waals surface area (Å²) < 4.78 is 40.6. The monoisotopic (exact) mass is 333 g/mol. The predicted octanol–water partition coefficient (Wildman–Crippen LogP) is 1.62. The highest BCUT2D eigenvalue weighted by Gasteiger charge is 2.32. The first-order chi connectivity index (χ1) is 10.6.